The maximum Gasteiger partial charge on any atom is 0.401 e. The van der Waals surface area contributed by atoms with E-state index in [1.807, 2.05) is 0 Å². The number of halogens is 3. The van der Waals surface area contributed by atoms with Crippen molar-refractivity contribution in [2.75, 3.05) is 18.8 Å². The number of nitrogens with zero attached hydrogens (tertiary/aromatic N) is 1. The van der Waals surface area contributed by atoms with Crippen LogP contribution in [0.25, 0.3) is 0 Å². The lowest BCUT2D eigenvalue weighted by Crippen LogP contribution is -2.42. The highest BCUT2D eigenvalue weighted by Crippen LogP contribution is 2.47. The summed E-state index contributed by atoms with van der Waals surface area (Å²) in [5.74, 6) is 0.689. The first kappa shape index (κ1) is 13.2. The van der Waals surface area contributed by atoms with E-state index in [0.717, 1.165) is 12.8 Å². The number of rotatable bonds is 5. The second-order valence-electron chi connectivity index (χ2n) is 4.77. The van der Waals surface area contributed by atoms with Gasteiger partial charge in [0.1, 0.15) is 0 Å². The molecular weight excluding hydrogens is 223 g/mol. The van der Waals surface area contributed by atoms with E-state index in [9.17, 15) is 13.2 Å². The van der Waals surface area contributed by atoms with E-state index >= 15 is 0 Å². The van der Waals surface area contributed by atoms with E-state index < -0.39 is 12.7 Å². The predicted molar refractivity (Wildman–Crippen MR) is 58.3 cm³/mol. The molecule has 1 saturated carbocycles. The van der Waals surface area contributed by atoms with Crippen LogP contribution in [-0.4, -0.2) is 36.0 Å². The molecule has 0 N–H and O–H groups in total. The van der Waals surface area contributed by atoms with Crippen molar-refractivity contribution in [1.82, 2.24) is 4.90 Å². The average Bonchev–Trinajstić information content (AvgIpc) is 2.82. The second-order valence-corrected chi connectivity index (χ2v) is 5.09. The summed E-state index contributed by atoms with van der Waals surface area (Å²) >= 11 is 4.21. The average molecular weight is 241 g/mol. The third-order valence-electron chi connectivity index (χ3n) is 2.94. The molecule has 1 aliphatic carbocycles. The minimum absolute atomic E-state index is 0.0542. The molecule has 0 radical (unpaired) electrons. The van der Waals surface area contributed by atoms with Gasteiger partial charge in [0.2, 0.25) is 0 Å². The summed E-state index contributed by atoms with van der Waals surface area (Å²) in [4.78, 5) is 1.50. The molecule has 0 bridgehead atoms. The molecule has 5 heteroatoms. The summed E-state index contributed by atoms with van der Waals surface area (Å²) in [7, 11) is 0. The van der Waals surface area contributed by atoms with E-state index in [4.69, 9.17) is 0 Å². The minimum atomic E-state index is -4.10. The van der Waals surface area contributed by atoms with E-state index in [1.165, 1.54) is 4.90 Å². The Balaban J connectivity index is 2.51. The lowest BCUT2D eigenvalue weighted by atomic mass is 10.1. The van der Waals surface area contributed by atoms with Crippen LogP contribution in [0.2, 0.25) is 0 Å². The van der Waals surface area contributed by atoms with Crippen molar-refractivity contribution in [2.45, 2.75) is 38.9 Å². The van der Waals surface area contributed by atoms with Crippen molar-refractivity contribution >= 4 is 12.6 Å². The van der Waals surface area contributed by atoms with Crippen LogP contribution < -0.4 is 0 Å². The first-order valence-corrected chi connectivity index (χ1v) is 5.83. The van der Waals surface area contributed by atoms with Gasteiger partial charge in [-0.25, -0.2) is 0 Å². The number of thiol groups is 1. The first-order chi connectivity index (χ1) is 6.78. The SMILES string of the molecule is CC(C)N(CC(F)(F)F)CC1(CS)CC1. The molecule has 0 amide bonds. The number of alkyl halides is 3. The molecular formula is C10H18F3NS. The summed E-state index contributed by atoms with van der Waals surface area (Å²) < 4.78 is 36.9. The molecule has 0 heterocycles. The molecule has 0 aromatic carbocycles. The molecule has 0 aliphatic heterocycles. The Kier molecular flexibility index (Phi) is 3.98. The highest BCUT2D eigenvalue weighted by atomic mass is 32.1. The van der Waals surface area contributed by atoms with E-state index in [-0.39, 0.29) is 11.5 Å². The molecule has 0 saturated heterocycles. The topological polar surface area (TPSA) is 3.24 Å². The van der Waals surface area contributed by atoms with Crippen LogP contribution in [0, 0.1) is 5.41 Å². The van der Waals surface area contributed by atoms with Crippen LogP contribution in [0.15, 0.2) is 0 Å². The quantitative estimate of drug-likeness (QED) is 0.724. The van der Waals surface area contributed by atoms with Crippen LogP contribution in [0.3, 0.4) is 0 Å². The van der Waals surface area contributed by atoms with Crippen LogP contribution in [-0.2, 0) is 0 Å². The largest absolute Gasteiger partial charge is 0.401 e. The maximum atomic E-state index is 12.3. The van der Waals surface area contributed by atoms with E-state index in [2.05, 4.69) is 12.6 Å². The third-order valence-corrected chi connectivity index (χ3v) is 3.61. The van der Waals surface area contributed by atoms with Crippen LogP contribution >= 0.6 is 12.6 Å². The van der Waals surface area contributed by atoms with Gasteiger partial charge in [0.25, 0.3) is 0 Å². The van der Waals surface area contributed by atoms with Gasteiger partial charge < -0.3 is 0 Å². The summed E-state index contributed by atoms with van der Waals surface area (Å²) in [5.41, 5.74) is 0.0542. The zero-order chi connectivity index (χ0) is 11.7. The molecule has 1 rings (SSSR count). The molecule has 0 spiro atoms. The third kappa shape index (κ3) is 4.23. The molecule has 1 aliphatic rings. The monoisotopic (exact) mass is 241 g/mol. The fourth-order valence-corrected chi connectivity index (χ4v) is 2.04. The molecule has 15 heavy (non-hydrogen) atoms. The van der Waals surface area contributed by atoms with Crippen molar-refractivity contribution in [2.24, 2.45) is 5.41 Å². The van der Waals surface area contributed by atoms with Crippen LogP contribution in [0.4, 0.5) is 13.2 Å². The van der Waals surface area contributed by atoms with Crippen LogP contribution in [0.5, 0.6) is 0 Å². The van der Waals surface area contributed by atoms with Gasteiger partial charge in [-0.05, 0) is 37.9 Å². The van der Waals surface area contributed by atoms with Crippen LogP contribution in [0.1, 0.15) is 26.7 Å². The maximum absolute atomic E-state index is 12.3. The molecule has 90 valence electrons. The Labute approximate surface area is 94.4 Å². The summed E-state index contributed by atoms with van der Waals surface area (Å²) in [5, 5.41) is 0. The smallest absolute Gasteiger partial charge is 0.292 e. The van der Waals surface area contributed by atoms with Crippen molar-refractivity contribution in [3.63, 3.8) is 0 Å². The van der Waals surface area contributed by atoms with Gasteiger partial charge in [0, 0.05) is 12.6 Å². The van der Waals surface area contributed by atoms with E-state index in [0.29, 0.717) is 12.3 Å². The van der Waals surface area contributed by atoms with E-state index in [1.54, 1.807) is 13.8 Å². The molecule has 0 unspecified atom stereocenters. The van der Waals surface area contributed by atoms with Gasteiger partial charge in [-0.3, -0.25) is 4.90 Å². The zero-order valence-corrected chi connectivity index (χ0v) is 10.0. The Morgan fingerprint density at radius 3 is 2.13 bits per heavy atom. The Hall–Kier alpha value is 0.100. The van der Waals surface area contributed by atoms with Crippen molar-refractivity contribution in [3.05, 3.63) is 0 Å². The normalized spacial score (nSPS) is 20.0. The standard InChI is InChI=1S/C10H18F3NS/c1-8(2)14(6-10(11,12)13)5-9(7-15)3-4-9/h8,15H,3-7H2,1-2H3. The number of hydrogen-bond acceptors (Lipinski definition) is 2. The van der Waals surface area contributed by atoms with Gasteiger partial charge >= 0.3 is 6.18 Å². The fraction of sp³-hybridized carbons (Fsp3) is 1.00. The second kappa shape index (κ2) is 4.53. The molecule has 0 aromatic heterocycles. The highest BCUT2D eigenvalue weighted by molar-refractivity contribution is 7.80. The van der Waals surface area contributed by atoms with Crippen molar-refractivity contribution in [1.29, 1.82) is 0 Å². The number of hydrogen-bond donors (Lipinski definition) is 1. The summed E-state index contributed by atoms with van der Waals surface area (Å²) in [6, 6.07) is -0.0658. The Morgan fingerprint density at radius 1 is 1.33 bits per heavy atom. The van der Waals surface area contributed by atoms with Crippen molar-refractivity contribution in [3.8, 4) is 0 Å². The molecule has 1 fully saturated rings. The highest BCUT2D eigenvalue weighted by Gasteiger charge is 2.44. The molecule has 0 atom stereocenters. The lowest BCUT2D eigenvalue weighted by Gasteiger charge is -2.30. The van der Waals surface area contributed by atoms with Gasteiger partial charge in [0.05, 0.1) is 6.54 Å². The Morgan fingerprint density at radius 2 is 1.87 bits per heavy atom. The zero-order valence-electron chi connectivity index (χ0n) is 9.14. The van der Waals surface area contributed by atoms with Gasteiger partial charge in [0.15, 0.2) is 0 Å². The first-order valence-electron chi connectivity index (χ1n) is 5.20. The minimum Gasteiger partial charge on any atom is -0.292 e. The summed E-state index contributed by atoms with van der Waals surface area (Å²) in [6.07, 6.45) is -2.08. The van der Waals surface area contributed by atoms with Gasteiger partial charge in [-0.2, -0.15) is 25.8 Å². The predicted octanol–water partition coefficient (Wildman–Crippen LogP) is 2.97. The van der Waals surface area contributed by atoms with Crippen molar-refractivity contribution < 1.29 is 13.2 Å². The van der Waals surface area contributed by atoms with Gasteiger partial charge in [-0.15, -0.1) is 0 Å². The fourth-order valence-electron chi connectivity index (χ4n) is 1.63. The lowest BCUT2D eigenvalue weighted by molar-refractivity contribution is -0.151. The summed E-state index contributed by atoms with van der Waals surface area (Å²) in [6.45, 7) is 3.33. The molecule has 0 aromatic rings. The molecule has 1 nitrogen and oxygen atoms in total. The van der Waals surface area contributed by atoms with Gasteiger partial charge in [-0.1, -0.05) is 0 Å². The Bertz CT molecular complexity index is 211.